The molecule has 0 aliphatic heterocycles. The van der Waals surface area contributed by atoms with Gasteiger partial charge in [0.2, 0.25) is 11.8 Å². The Bertz CT molecular complexity index is 515. The molecule has 1 aromatic rings. The summed E-state index contributed by atoms with van der Waals surface area (Å²) in [6.45, 7) is 0. The maximum Gasteiger partial charge on any atom is 0.242 e. The highest BCUT2D eigenvalue weighted by Crippen LogP contribution is 2.47. The molecule has 0 aromatic heterocycles. The summed E-state index contributed by atoms with van der Waals surface area (Å²) in [4.78, 5) is 33.2. The minimum Gasteiger partial charge on any atom is -0.550 e. The molecule has 0 radical (unpaired) electrons. The first kappa shape index (κ1) is 14.0. The van der Waals surface area contributed by atoms with Crippen molar-refractivity contribution in [1.29, 1.82) is 0 Å². The van der Waals surface area contributed by atoms with Gasteiger partial charge in [0.15, 0.2) is 0 Å². The number of amides is 2. The minimum atomic E-state index is -1.29. The van der Waals surface area contributed by atoms with E-state index in [2.05, 4.69) is 10.9 Å². The third-order valence-electron chi connectivity index (χ3n) is 3.24. The van der Waals surface area contributed by atoms with Crippen molar-refractivity contribution >= 4 is 17.8 Å². The maximum atomic E-state index is 11.8. The summed E-state index contributed by atoms with van der Waals surface area (Å²) < 4.78 is 0. The number of nitrogens with one attached hydrogen (secondary N) is 2. The van der Waals surface area contributed by atoms with Gasteiger partial charge in [0.1, 0.15) is 0 Å². The summed E-state index contributed by atoms with van der Waals surface area (Å²) in [7, 11) is 0. The number of carboxylic acid groups (broad SMARTS) is 1. The molecule has 0 spiro atoms. The molecular formula is C14H15N2O4-. The number of benzene rings is 1. The van der Waals surface area contributed by atoms with Gasteiger partial charge in [0, 0.05) is 18.3 Å². The molecule has 0 bridgehead atoms. The molecule has 1 aliphatic carbocycles. The first-order chi connectivity index (χ1) is 9.58. The van der Waals surface area contributed by atoms with E-state index in [0.29, 0.717) is 0 Å². The van der Waals surface area contributed by atoms with Crippen molar-refractivity contribution in [2.45, 2.75) is 25.2 Å². The highest BCUT2D eigenvalue weighted by Gasteiger charge is 2.43. The van der Waals surface area contributed by atoms with Crippen molar-refractivity contribution < 1.29 is 19.5 Å². The third kappa shape index (κ3) is 3.81. The predicted molar refractivity (Wildman–Crippen MR) is 67.8 cm³/mol. The second-order valence-corrected chi connectivity index (χ2v) is 4.77. The quantitative estimate of drug-likeness (QED) is 0.706. The first-order valence-corrected chi connectivity index (χ1v) is 6.41. The van der Waals surface area contributed by atoms with Gasteiger partial charge in [0.25, 0.3) is 0 Å². The molecule has 6 nitrogen and oxygen atoms in total. The number of carbonyl (C=O) groups is 3. The fourth-order valence-electron chi connectivity index (χ4n) is 2.06. The molecule has 2 amide bonds. The van der Waals surface area contributed by atoms with E-state index in [0.717, 1.165) is 12.0 Å². The van der Waals surface area contributed by atoms with Crippen LogP contribution >= 0.6 is 0 Å². The summed E-state index contributed by atoms with van der Waals surface area (Å²) in [5, 5.41) is 10.2. The number of aliphatic carboxylic acids is 1. The summed E-state index contributed by atoms with van der Waals surface area (Å²) in [6, 6.07) is 9.69. The Kier molecular flexibility index (Phi) is 4.34. The van der Waals surface area contributed by atoms with Gasteiger partial charge in [-0.2, -0.15) is 0 Å². The van der Waals surface area contributed by atoms with Crippen molar-refractivity contribution in [3.8, 4) is 0 Å². The average Bonchev–Trinajstić information content (AvgIpc) is 3.24. The summed E-state index contributed by atoms with van der Waals surface area (Å²) in [6.07, 6.45) is 0.179. The number of carboxylic acids is 1. The maximum absolute atomic E-state index is 11.8. The van der Waals surface area contributed by atoms with Crippen molar-refractivity contribution in [2.24, 2.45) is 5.92 Å². The first-order valence-electron chi connectivity index (χ1n) is 6.41. The molecule has 2 N–H and O–H groups in total. The van der Waals surface area contributed by atoms with Gasteiger partial charge in [-0.15, -0.1) is 0 Å². The van der Waals surface area contributed by atoms with Gasteiger partial charge in [-0.05, 0) is 24.3 Å². The summed E-state index contributed by atoms with van der Waals surface area (Å²) in [5.41, 5.74) is 5.62. The lowest BCUT2D eigenvalue weighted by Crippen LogP contribution is -2.43. The molecule has 0 saturated heterocycles. The second-order valence-electron chi connectivity index (χ2n) is 4.77. The number of hydrogen-bond acceptors (Lipinski definition) is 4. The van der Waals surface area contributed by atoms with Gasteiger partial charge in [0.05, 0.1) is 0 Å². The smallest absolute Gasteiger partial charge is 0.242 e. The van der Waals surface area contributed by atoms with E-state index in [1.54, 1.807) is 0 Å². The van der Waals surface area contributed by atoms with Crippen LogP contribution < -0.4 is 16.0 Å². The van der Waals surface area contributed by atoms with E-state index in [1.807, 2.05) is 30.3 Å². The summed E-state index contributed by atoms with van der Waals surface area (Å²) in [5.74, 6) is -2.03. The molecule has 20 heavy (non-hydrogen) atoms. The molecule has 106 valence electrons. The summed E-state index contributed by atoms with van der Waals surface area (Å²) >= 11 is 0. The predicted octanol–water partition coefficient (Wildman–Crippen LogP) is -0.532. The number of rotatable bonds is 5. The SMILES string of the molecule is O=C([O-])CCC(=O)NNC(=O)[C@H]1C[C@@H]1c1ccccc1. The van der Waals surface area contributed by atoms with Gasteiger partial charge in [-0.3, -0.25) is 20.4 Å². The number of hydrazine groups is 1. The molecule has 1 aliphatic rings. The van der Waals surface area contributed by atoms with E-state index >= 15 is 0 Å². The Balaban J connectivity index is 1.72. The van der Waals surface area contributed by atoms with Crippen LogP contribution in [0.1, 0.15) is 30.7 Å². The lowest BCUT2D eigenvalue weighted by atomic mass is 10.1. The van der Waals surface area contributed by atoms with E-state index in [4.69, 9.17) is 0 Å². The zero-order valence-electron chi connectivity index (χ0n) is 10.8. The van der Waals surface area contributed by atoms with Gasteiger partial charge in [-0.1, -0.05) is 30.3 Å². The fourth-order valence-corrected chi connectivity index (χ4v) is 2.06. The Morgan fingerprint density at radius 2 is 1.80 bits per heavy atom. The van der Waals surface area contributed by atoms with Gasteiger partial charge < -0.3 is 9.90 Å². The third-order valence-corrected chi connectivity index (χ3v) is 3.24. The van der Waals surface area contributed by atoms with E-state index in [9.17, 15) is 19.5 Å². The van der Waals surface area contributed by atoms with Crippen molar-refractivity contribution in [1.82, 2.24) is 10.9 Å². The lowest BCUT2D eigenvalue weighted by molar-refractivity contribution is -0.305. The standard InChI is InChI=1S/C14H16N2O4/c17-12(6-7-13(18)19)15-16-14(20)11-8-10(11)9-4-2-1-3-5-9/h1-5,10-11H,6-8H2,(H,15,17)(H,16,20)(H,18,19)/p-1/t10-,11+/m1/s1. The molecule has 2 rings (SSSR count). The van der Waals surface area contributed by atoms with Crippen LogP contribution in [-0.4, -0.2) is 17.8 Å². The van der Waals surface area contributed by atoms with Crippen LogP contribution in [0.3, 0.4) is 0 Å². The molecule has 1 saturated carbocycles. The Morgan fingerprint density at radius 1 is 1.10 bits per heavy atom. The second kappa shape index (κ2) is 6.18. The van der Waals surface area contributed by atoms with Gasteiger partial charge >= 0.3 is 0 Å². The molecule has 0 heterocycles. The fraction of sp³-hybridized carbons (Fsp3) is 0.357. The lowest BCUT2D eigenvalue weighted by Gasteiger charge is -2.07. The monoisotopic (exact) mass is 275 g/mol. The van der Waals surface area contributed by atoms with Crippen LogP contribution in [0, 0.1) is 5.92 Å². The highest BCUT2D eigenvalue weighted by atomic mass is 16.4. The molecule has 6 heteroatoms. The zero-order valence-corrected chi connectivity index (χ0v) is 10.8. The average molecular weight is 275 g/mol. The zero-order chi connectivity index (χ0) is 14.5. The molecule has 0 unspecified atom stereocenters. The topological polar surface area (TPSA) is 98.3 Å². The van der Waals surface area contributed by atoms with E-state index in [-0.39, 0.29) is 30.6 Å². The van der Waals surface area contributed by atoms with Crippen LogP contribution in [0.2, 0.25) is 0 Å². The highest BCUT2D eigenvalue weighted by molar-refractivity contribution is 5.86. The van der Waals surface area contributed by atoms with Crippen LogP contribution in [0.4, 0.5) is 0 Å². The van der Waals surface area contributed by atoms with Crippen LogP contribution in [-0.2, 0) is 14.4 Å². The normalized spacial score (nSPS) is 20.0. The molecule has 2 atom stereocenters. The van der Waals surface area contributed by atoms with Crippen LogP contribution in [0.5, 0.6) is 0 Å². The van der Waals surface area contributed by atoms with E-state index in [1.165, 1.54) is 0 Å². The largest absolute Gasteiger partial charge is 0.550 e. The number of hydrogen-bond donors (Lipinski definition) is 2. The Hall–Kier alpha value is -2.37. The van der Waals surface area contributed by atoms with Crippen molar-refractivity contribution in [2.75, 3.05) is 0 Å². The molecular weight excluding hydrogens is 260 g/mol. The van der Waals surface area contributed by atoms with Crippen molar-refractivity contribution in [3.63, 3.8) is 0 Å². The van der Waals surface area contributed by atoms with Crippen molar-refractivity contribution in [3.05, 3.63) is 35.9 Å². The van der Waals surface area contributed by atoms with Crippen LogP contribution in [0.15, 0.2) is 30.3 Å². The Labute approximate surface area is 116 Å². The number of carbonyl (C=O) groups excluding carboxylic acids is 3. The molecule has 1 fully saturated rings. The van der Waals surface area contributed by atoms with Crippen LogP contribution in [0.25, 0.3) is 0 Å². The van der Waals surface area contributed by atoms with E-state index < -0.39 is 11.9 Å². The minimum absolute atomic E-state index is 0.140. The van der Waals surface area contributed by atoms with Gasteiger partial charge in [-0.25, -0.2) is 0 Å². The Morgan fingerprint density at radius 3 is 2.45 bits per heavy atom. The molecule has 1 aromatic carbocycles.